The van der Waals surface area contributed by atoms with Crippen LogP contribution in [0.1, 0.15) is 60.6 Å². The lowest BCUT2D eigenvalue weighted by molar-refractivity contribution is -0.180. The molecular formula is C30H28Cl2N2O2. The van der Waals surface area contributed by atoms with Crippen molar-refractivity contribution in [2.45, 2.75) is 56.9 Å². The Morgan fingerprint density at radius 1 is 0.944 bits per heavy atom. The minimum Gasteiger partial charge on any atom is -0.358 e. The van der Waals surface area contributed by atoms with E-state index in [-0.39, 0.29) is 24.1 Å². The molecule has 184 valence electrons. The van der Waals surface area contributed by atoms with Crippen molar-refractivity contribution in [1.29, 1.82) is 5.26 Å². The number of benzene rings is 3. The van der Waals surface area contributed by atoms with Crippen molar-refractivity contribution in [3.8, 4) is 6.07 Å². The molecule has 1 aliphatic heterocycles. The van der Waals surface area contributed by atoms with Crippen LogP contribution in [0.3, 0.4) is 0 Å². The van der Waals surface area contributed by atoms with Crippen molar-refractivity contribution in [1.82, 2.24) is 4.90 Å². The molecule has 0 bridgehead atoms. The summed E-state index contributed by atoms with van der Waals surface area (Å²) in [6, 6.07) is 24.8. The van der Waals surface area contributed by atoms with Crippen LogP contribution in [0.15, 0.2) is 72.8 Å². The van der Waals surface area contributed by atoms with E-state index < -0.39 is 6.10 Å². The van der Waals surface area contributed by atoms with Gasteiger partial charge >= 0.3 is 0 Å². The fourth-order valence-corrected chi connectivity index (χ4v) is 5.59. The highest BCUT2D eigenvalue weighted by Gasteiger charge is 2.49. The molecule has 4 atom stereocenters. The molecule has 1 saturated carbocycles. The van der Waals surface area contributed by atoms with E-state index >= 15 is 0 Å². The summed E-state index contributed by atoms with van der Waals surface area (Å²) in [5.41, 5.74) is 3.54. The number of hydrogen-bond acceptors (Lipinski definition) is 3. The van der Waals surface area contributed by atoms with Crippen LogP contribution in [0.25, 0.3) is 0 Å². The zero-order valence-corrected chi connectivity index (χ0v) is 21.6. The maximum Gasteiger partial charge on any atom is 0.252 e. The summed E-state index contributed by atoms with van der Waals surface area (Å²) in [6.07, 6.45) is 2.62. The van der Waals surface area contributed by atoms with E-state index in [1.807, 2.05) is 60.7 Å². The van der Waals surface area contributed by atoms with Crippen molar-refractivity contribution < 1.29 is 9.53 Å². The lowest BCUT2D eigenvalue weighted by atomic mass is 9.88. The number of halogens is 2. The summed E-state index contributed by atoms with van der Waals surface area (Å²) in [5.74, 6) is 0.525. The van der Waals surface area contributed by atoms with E-state index in [0.29, 0.717) is 27.9 Å². The lowest BCUT2D eigenvalue weighted by Gasteiger charge is -2.48. The Bertz CT molecular complexity index is 1250. The first kappa shape index (κ1) is 24.8. The number of hydrogen-bond donors (Lipinski definition) is 0. The normalized spacial score (nSPS) is 22.8. The van der Waals surface area contributed by atoms with Gasteiger partial charge in [0.05, 0.1) is 17.7 Å². The molecule has 0 N–H and O–H groups in total. The minimum atomic E-state index is -0.630. The van der Waals surface area contributed by atoms with Gasteiger partial charge in [-0.3, -0.25) is 4.79 Å². The van der Waals surface area contributed by atoms with E-state index in [1.54, 1.807) is 12.1 Å². The minimum absolute atomic E-state index is 0.0169. The van der Waals surface area contributed by atoms with Gasteiger partial charge in [0, 0.05) is 22.5 Å². The fourth-order valence-electron chi connectivity index (χ4n) is 5.34. The Labute approximate surface area is 222 Å². The van der Waals surface area contributed by atoms with Gasteiger partial charge in [-0.2, -0.15) is 5.26 Å². The maximum atomic E-state index is 14.2. The molecule has 1 amide bonds. The van der Waals surface area contributed by atoms with Crippen LogP contribution >= 0.6 is 23.2 Å². The number of nitrogens with zero attached hydrogens (tertiary/aromatic N) is 2. The van der Waals surface area contributed by atoms with Crippen LogP contribution < -0.4 is 0 Å². The van der Waals surface area contributed by atoms with E-state index in [2.05, 4.69) is 17.9 Å². The van der Waals surface area contributed by atoms with Crippen LogP contribution in [0.2, 0.25) is 10.0 Å². The van der Waals surface area contributed by atoms with Gasteiger partial charge in [0.15, 0.2) is 0 Å². The second-order valence-electron chi connectivity index (χ2n) is 9.66. The van der Waals surface area contributed by atoms with Crippen LogP contribution in [0.5, 0.6) is 0 Å². The molecule has 6 heteroatoms. The van der Waals surface area contributed by atoms with Gasteiger partial charge in [-0.05, 0) is 78.3 Å². The molecule has 0 spiro atoms. The predicted octanol–water partition coefficient (Wildman–Crippen LogP) is 7.31. The molecule has 0 aromatic heterocycles. The molecule has 0 radical (unpaired) electrons. The molecule has 2 aliphatic rings. The van der Waals surface area contributed by atoms with E-state index in [9.17, 15) is 4.79 Å². The Kier molecular flexibility index (Phi) is 7.34. The van der Waals surface area contributed by atoms with E-state index in [0.717, 1.165) is 36.0 Å². The average molecular weight is 519 g/mol. The predicted molar refractivity (Wildman–Crippen MR) is 142 cm³/mol. The molecule has 1 saturated heterocycles. The van der Waals surface area contributed by atoms with Gasteiger partial charge < -0.3 is 9.64 Å². The Balaban J connectivity index is 1.58. The van der Waals surface area contributed by atoms with Gasteiger partial charge in [-0.25, -0.2) is 0 Å². The van der Waals surface area contributed by atoms with Gasteiger partial charge in [0.2, 0.25) is 0 Å². The topological polar surface area (TPSA) is 53.3 Å². The monoisotopic (exact) mass is 518 g/mol. The second-order valence-corrected chi connectivity index (χ2v) is 10.5. The summed E-state index contributed by atoms with van der Waals surface area (Å²) in [7, 11) is 0. The standard InChI is InChI=1S/C30H28Cl2N2O2/c1-2-26(21-7-8-21)34-28(22-9-13-24(31)14-10-22)29(23-11-15-25(32)16-12-23)36-27(30(34)35)17-19-3-5-20(18-33)6-4-19/h3-6,9-16,21,26-29H,2,7-8,17H2,1H3/t26-,27+,28-,29+/m1/s1. The number of amides is 1. The van der Waals surface area contributed by atoms with Crippen molar-refractivity contribution in [3.05, 3.63) is 105 Å². The van der Waals surface area contributed by atoms with Crippen LogP contribution in [-0.4, -0.2) is 23.0 Å². The third kappa shape index (κ3) is 5.15. The fraction of sp³-hybridized carbons (Fsp3) is 0.333. The lowest BCUT2D eigenvalue weighted by Crippen LogP contribution is -2.55. The first-order chi connectivity index (χ1) is 17.5. The molecular weight excluding hydrogens is 491 g/mol. The second kappa shape index (κ2) is 10.6. The Morgan fingerprint density at radius 3 is 2.06 bits per heavy atom. The molecule has 3 aromatic rings. The third-order valence-electron chi connectivity index (χ3n) is 7.28. The van der Waals surface area contributed by atoms with Gasteiger partial charge in [-0.1, -0.05) is 66.5 Å². The van der Waals surface area contributed by atoms with Crippen LogP contribution in [0.4, 0.5) is 0 Å². The summed E-state index contributed by atoms with van der Waals surface area (Å²) < 4.78 is 6.68. The van der Waals surface area contributed by atoms with Crippen molar-refractivity contribution in [2.75, 3.05) is 0 Å². The number of carbonyl (C=O) groups is 1. The Hall–Kier alpha value is -2.84. The SMILES string of the molecule is CC[C@H](C1CC1)N1C(=O)[C@H](Cc2ccc(C#N)cc2)O[C@@H](c2ccc(Cl)cc2)[C@H]1c1ccc(Cl)cc1. The summed E-state index contributed by atoms with van der Waals surface area (Å²) in [5, 5.41) is 10.5. The first-order valence-electron chi connectivity index (χ1n) is 12.5. The largest absolute Gasteiger partial charge is 0.358 e. The quantitative estimate of drug-likeness (QED) is 0.329. The van der Waals surface area contributed by atoms with Gasteiger partial charge in [0.25, 0.3) is 5.91 Å². The summed E-state index contributed by atoms with van der Waals surface area (Å²) in [6.45, 7) is 2.16. The first-order valence-corrected chi connectivity index (χ1v) is 13.2. The highest BCUT2D eigenvalue weighted by Crippen LogP contribution is 2.48. The molecule has 36 heavy (non-hydrogen) atoms. The zero-order chi connectivity index (χ0) is 25.2. The molecule has 4 nitrogen and oxygen atoms in total. The van der Waals surface area contributed by atoms with Crippen molar-refractivity contribution >= 4 is 29.1 Å². The van der Waals surface area contributed by atoms with Crippen LogP contribution in [0, 0.1) is 17.2 Å². The average Bonchev–Trinajstić information content (AvgIpc) is 3.73. The van der Waals surface area contributed by atoms with E-state index in [4.69, 9.17) is 33.2 Å². The summed E-state index contributed by atoms with van der Waals surface area (Å²) >= 11 is 12.4. The zero-order valence-electron chi connectivity index (χ0n) is 20.1. The number of morpholine rings is 1. The summed E-state index contributed by atoms with van der Waals surface area (Å²) in [4.78, 5) is 16.3. The highest BCUT2D eigenvalue weighted by molar-refractivity contribution is 6.30. The molecule has 1 aliphatic carbocycles. The number of ether oxygens (including phenoxy) is 1. The molecule has 3 aromatic carbocycles. The molecule has 1 heterocycles. The number of rotatable bonds is 7. The molecule has 5 rings (SSSR count). The third-order valence-corrected chi connectivity index (χ3v) is 7.79. The van der Waals surface area contributed by atoms with Crippen LogP contribution in [-0.2, 0) is 16.0 Å². The maximum absolute atomic E-state index is 14.2. The van der Waals surface area contributed by atoms with Crippen molar-refractivity contribution in [2.24, 2.45) is 5.92 Å². The molecule has 2 fully saturated rings. The smallest absolute Gasteiger partial charge is 0.252 e. The van der Waals surface area contributed by atoms with Gasteiger partial charge in [0.1, 0.15) is 12.2 Å². The number of carbonyl (C=O) groups excluding carboxylic acids is 1. The molecule has 0 unspecified atom stereocenters. The van der Waals surface area contributed by atoms with Gasteiger partial charge in [-0.15, -0.1) is 0 Å². The van der Waals surface area contributed by atoms with Crippen molar-refractivity contribution in [3.63, 3.8) is 0 Å². The van der Waals surface area contributed by atoms with E-state index in [1.165, 1.54) is 0 Å². The highest BCUT2D eigenvalue weighted by atomic mass is 35.5. The Morgan fingerprint density at radius 2 is 1.53 bits per heavy atom. The number of nitriles is 1.